The molecule has 0 saturated carbocycles. The topological polar surface area (TPSA) is 50.4 Å². The summed E-state index contributed by atoms with van der Waals surface area (Å²) in [6.07, 6.45) is -0.0510. The summed E-state index contributed by atoms with van der Waals surface area (Å²) in [6.45, 7) is 1.35. The summed E-state index contributed by atoms with van der Waals surface area (Å²) >= 11 is 5.64. The van der Waals surface area contributed by atoms with E-state index in [1.165, 1.54) is 18.2 Å². The molecule has 6 heteroatoms. The van der Waals surface area contributed by atoms with E-state index in [0.717, 1.165) is 0 Å². The average molecular weight is 273 g/mol. The van der Waals surface area contributed by atoms with Crippen molar-refractivity contribution in [2.75, 3.05) is 20.2 Å². The maximum atomic E-state index is 13.0. The summed E-state index contributed by atoms with van der Waals surface area (Å²) in [6, 6.07) is 3.81. The second-order valence-corrected chi connectivity index (χ2v) is 4.55. The van der Waals surface area contributed by atoms with Gasteiger partial charge in [-0.05, 0) is 18.2 Å². The van der Waals surface area contributed by atoms with Crippen LogP contribution in [0, 0.1) is 5.82 Å². The van der Waals surface area contributed by atoms with E-state index in [1.54, 1.807) is 7.11 Å². The maximum Gasteiger partial charge on any atom is 0.251 e. The Bertz CT molecular complexity index is 456. The number of amides is 1. The van der Waals surface area contributed by atoms with Crippen molar-refractivity contribution in [2.45, 2.75) is 12.1 Å². The molecule has 1 unspecified atom stereocenters. The molecule has 2 rings (SSSR count). The Hall–Kier alpha value is -1.17. The fourth-order valence-corrected chi connectivity index (χ4v) is 2.12. The number of methoxy groups -OCH3 is 1. The minimum absolute atomic E-state index is 0.0510. The largest absolute Gasteiger partial charge is 0.378 e. The second-order valence-electron chi connectivity index (χ2n) is 4.14. The van der Waals surface area contributed by atoms with Crippen LogP contribution in [0.5, 0.6) is 0 Å². The molecule has 1 heterocycles. The quantitative estimate of drug-likeness (QED) is 0.869. The van der Waals surface area contributed by atoms with Gasteiger partial charge in [-0.25, -0.2) is 4.39 Å². The molecule has 4 nitrogen and oxygen atoms in total. The van der Waals surface area contributed by atoms with Gasteiger partial charge in [-0.3, -0.25) is 4.79 Å². The predicted molar refractivity (Wildman–Crippen MR) is 66.3 cm³/mol. The van der Waals surface area contributed by atoms with Crippen LogP contribution in [-0.2, 0) is 4.74 Å². The molecule has 0 radical (unpaired) electrons. The number of rotatable bonds is 3. The second kappa shape index (κ2) is 5.65. The van der Waals surface area contributed by atoms with E-state index in [9.17, 15) is 9.18 Å². The summed E-state index contributed by atoms with van der Waals surface area (Å²) in [5.41, 5.74) is 0.336. The third-order valence-corrected chi connectivity index (χ3v) is 3.25. The molecule has 0 bridgehead atoms. The standard InChI is InChI=1S/C12H14ClFN2O2/c1-18-11-6-15-5-10(11)16-12(17)7-2-3-9(14)8(13)4-7/h2-4,10-11,15H,5-6H2,1H3,(H,16,17)/t10?,11-/m0/s1. The molecular weight excluding hydrogens is 259 g/mol. The van der Waals surface area contributed by atoms with Gasteiger partial charge in [0.05, 0.1) is 17.2 Å². The van der Waals surface area contributed by atoms with Gasteiger partial charge in [0.2, 0.25) is 0 Å². The van der Waals surface area contributed by atoms with Crippen molar-refractivity contribution in [2.24, 2.45) is 0 Å². The Kier molecular flexibility index (Phi) is 4.16. The van der Waals surface area contributed by atoms with Gasteiger partial charge in [0.25, 0.3) is 5.91 Å². The lowest BCUT2D eigenvalue weighted by Crippen LogP contribution is -2.43. The number of benzene rings is 1. The van der Waals surface area contributed by atoms with E-state index in [2.05, 4.69) is 10.6 Å². The number of carbonyl (C=O) groups is 1. The van der Waals surface area contributed by atoms with Gasteiger partial charge in [-0.2, -0.15) is 0 Å². The Balaban J connectivity index is 2.05. The molecule has 1 aromatic rings. The zero-order valence-electron chi connectivity index (χ0n) is 9.87. The average Bonchev–Trinajstić information content (AvgIpc) is 2.79. The number of nitrogens with one attached hydrogen (secondary N) is 2. The van der Waals surface area contributed by atoms with Crippen LogP contribution in [0.3, 0.4) is 0 Å². The van der Waals surface area contributed by atoms with Crippen molar-refractivity contribution >= 4 is 17.5 Å². The molecule has 1 amide bonds. The van der Waals surface area contributed by atoms with Crippen molar-refractivity contribution in [1.29, 1.82) is 0 Å². The van der Waals surface area contributed by atoms with Crippen LogP contribution in [0.25, 0.3) is 0 Å². The van der Waals surface area contributed by atoms with Crippen molar-refractivity contribution in [3.05, 3.63) is 34.6 Å². The first-order chi connectivity index (χ1) is 8.61. The van der Waals surface area contributed by atoms with Crippen LogP contribution >= 0.6 is 11.6 Å². The number of hydrogen-bond donors (Lipinski definition) is 2. The van der Waals surface area contributed by atoms with Crippen molar-refractivity contribution < 1.29 is 13.9 Å². The zero-order valence-corrected chi connectivity index (χ0v) is 10.6. The first kappa shape index (κ1) is 13.3. The van der Waals surface area contributed by atoms with Gasteiger partial charge in [0.1, 0.15) is 5.82 Å². The molecule has 98 valence electrons. The lowest BCUT2D eigenvalue weighted by atomic mass is 10.1. The molecule has 18 heavy (non-hydrogen) atoms. The molecular formula is C12H14ClFN2O2. The van der Waals surface area contributed by atoms with E-state index in [4.69, 9.17) is 16.3 Å². The third-order valence-electron chi connectivity index (χ3n) is 2.96. The minimum Gasteiger partial charge on any atom is -0.378 e. The lowest BCUT2D eigenvalue weighted by molar-refractivity contribution is 0.0780. The smallest absolute Gasteiger partial charge is 0.251 e. The first-order valence-electron chi connectivity index (χ1n) is 5.61. The van der Waals surface area contributed by atoms with Crippen LogP contribution in [0.15, 0.2) is 18.2 Å². The highest BCUT2D eigenvalue weighted by Gasteiger charge is 2.28. The summed E-state index contributed by atoms with van der Waals surface area (Å²) in [7, 11) is 1.60. The predicted octanol–water partition coefficient (Wildman–Crippen LogP) is 1.20. The molecule has 2 atom stereocenters. The van der Waals surface area contributed by atoms with Crippen LogP contribution < -0.4 is 10.6 Å². The molecule has 0 aromatic heterocycles. The van der Waals surface area contributed by atoms with Crippen LogP contribution in [0.2, 0.25) is 5.02 Å². The molecule has 1 aromatic carbocycles. The molecule has 1 fully saturated rings. The minimum atomic E-state index is -0.537. The molecule has 2 N–H and O–H groups in total. The highest BCUT2D eigenvalue weighted by Crippen LogP contribution is 2.16. The van der Waals surface area contributed by atoms with Crippen molar-refractivity contribution in [3.63, 3.8) is 0 Å². The Morgan fingerprint density at radius 1 is 1.56 bits per heavy atom. The van der Waals surface area contributed by atoms with E-state index in [1.807, 2.05) is 0 Å². The number of halogens is 2. The Labute approximate surface area is 109 Å². The highest BCUT2D eigenvalue weighted by atomic mass is 35.5. The Morgan fingerprint density at radius 3 is 3.00 bits per heavy atom. The van der Waals surface area contributed by atoms with Crippen LogP contribution in [0.1, 0.15) is 10.4 Å². The number of hydrogen-bond acceptors (Lipinski definition) is 3. The molecule has 1 aliphatic rings. The highest BCUT2D eigenvalue weighted by molar-refractivity contribution is 6.31. The Morgan fingerprint density at radius 2 is 2.33 bits per heavy atom. The third kappa shape index (κ3) is 2.80. The van der Waals surface area contributed by atoms with E-state index < -0.39 is 5.82 Å². The van der Waals surface area contributed by atoms with Gasteiger partial charge in [0.15, 0.2) is 0 Å². The maximum absolute atomic E-state index is 13.0. The van der Waals surface area contributed by atoms with Gasteiger partial charge < -0.3 is 15.4 Å². The van der Waals surface area contributed by atoms with Crippen molar-refractivity contribution in [1.82, 2.24) is 10.6 Å². The van der Waals surface area contributed by atoms with Crippen LogP contribution in [-0.4, -0.2) is 38.3 Å². The molecule has 1 saturated heterocycles. The van der Waals surface area contributed by atoms with E-state index >= 15 is 0 Å². The summed E-state index contributed by atoms with van der Waals surface area (Å²) in [4.78, 5) is 12.0. The zero-order chi connectivity index (χ0) is 13.1. The van der Waals surface area contributed by atoms with Gasteiger partial charge in [-0.15, -0.1) is 0 Å². The number of carbonyl (C=O) groups excluding carboxylic acids is 1. The van der Waals surface area contributed by atoms with Gasteiger partial charge >= 0.3 is 0 Å². The van der Waals surface area contributed by atoms with E-state index in [0.29, 0.717) is 18.7 Å². The monoisotopic (exact) mass is 272 g/mol. The summed E-state index contributed by atoms with van der Waals surface area (Å²) in [5, 5.41) is 5.90. The summed E-state index contributed by atoms with van der Waals surface area (Å²) < 4.78 is 18.2. The fraction of sp³-hybridized carbons (Fsp3) is 0.417. The summed E-state index contributed by atoms with van der Waals surface area (Å²) in [5.74, 6) is -0.821. The molecule has 0 aliphatic carbocycles. The van der Waals surface area contributed by atoms with Crippen molar-refractivity contribution in [3.8, 4) is 0 Å². The van der Waals surface area contributed by atoms with Crippen LogP contribution in [0.4, 0.5) is 4.39 Å². The van der Waals surface area contributed by atoms with Gasteiger partial charge in [-0.1, -0.05) is 11.6 Å². The van der Waals surface area contributed by atoms with Gasteiger partial charge in [0, 0.05) is 25.8 Å². The first-order valence-corrected chi connectivity index (χ1v) is 5.99. The molecule has 1 aliphatic heterocycles. The SMILES string of the molecule is CO[C@H]1CNCC1NC(=O)c1ccc(F)c(Cl)c1. The van der Waals surface area contributed by atoms with E-state index in [-0.39, 0.29) is 23.1 Å². The fourth-order valence-electron chi connectivity index (χ4n) is 1.94. The normalized spacial score (nSPS) is 23.1. The molecule has 0 spiro atoms. The number of ether oxygens (including phenoxy) is 1. The lowest BCUT2D eigenvalue weighted by Gasteiger charge is -2.18.